The maximum absolute atomic E-state index is 11.9. The number of nitrogens with one attached hydrogen (secondary N) is 2. The third-order valence-corrected chi connectivity index (χ3v) is 4.12. The summed E-state index contributed by atoms with van der Waals surface area (Å²) in [7, 11) is 0. The molecule has 2 fully saturated rings. The Bertz CT molecular complexity index is 634. The summed E-state index contributed by atoms with van der Waals surface area (Å²) in [6.07, 6.45) is 1.73. The molecule has 2 N–H and O–H groups in total. The van der Waals surface area contributed by atoms with E-state index in [0.717, 1.165) is 17.7 Å². The number of nitriles is 1. The number of amides is 4. The molecule has 2 aliphatic rings. The Morgan fingerprint density at radius 2 is 2.08 bits per heavy atom. The Morgan fingerprint density at radius 1 is 1.46 bits per heavy atom. The Morgan fingerprint density at radius 3 is 2.54 bits per heavy atom. The molecule has 1 aliphatic carbocycles. The van der Waals surface area contributed by atoms with Crippen molar-refractivity contribution in [1.29, 1.82) is 5.26 Å². The highest BCUT2D eigenvalue weighted by atomic mass is 16.5. The van der Waals surface area contributed by atoms with Crippen LogP contribution in [0.2, 0.25) is 0 Å². The second-order valence-corrected chi connectivity index (χ2v) is 6.74. The van der Waals surface area contributed by atoms with E-state index in [1.165, 1.54) is 13.8 Å². The number of imide groups is 1. The minimum Gasteiger partial charge on any atom is -0.454 e. The maximum atomic E-state index is 11.9. The average Bonchev–Trinajstić information content (AvgIpc) is 3.31. The van der Waals surface area contributed by atoms with Crippen LogP contribution in [0.15, 0.2) is 0 Å². The largest absolute Gasteiger partial charge is 0.454 e. The SMILES string of the molecule is CC1(C)NC(=O)N(CC(=O)OCC(=O)N[C@@](C)(C#N)C2CC2)C1=O. The van der Waals surface area contributed by atoms with Crippen LogP contribution in [-0.2, 0) is 19.1 Å². The first-order valence-electron chi connectivity index (χ1n) is 7.61. The zero-order chi connectivity index (χ0) is 18.1. The van der Waals surface area contributed by atoms with Crippen molar-refractivity contribution >= 4 is 23.8 Å². The van der Waals surface area contributed by atoms with E-state index in [9.17, 15) is 19.2 Å². The predicted octanol–water partition coefficient (Wildman–Crippen LogP) is -0.332. The van der Waals surface area contributed by atoms with Crippen molar-refractivity contribution in [3.05, 3.63) is 0 Å². The second kappa shape index (κ2) is 6.11. The molecule has 0 radical (unpaired) electrons. The fourth-order valence-electron chi connectivity index (χ4n) is 2.49. The molecule has 0 unspecified atom stereocenters. The molecule has 9 heteroatoms. The molecule has 1 atom stereocenters. The summed E-state index contributed by atoms with van der Waals surface area (Å²) in [6, 6.07) is 1.38. The summed E-state index contributed by atoms with van der Waals surface area (Å²) in [4.78, 5) is 47.9. The first-order chi connectivity index (χ1) is 11.1. The van der Waals surface area contributed by atoms with E-state index in [2.05, 4.69) is 16.7 Å². The van der Waals surface area contributed by atoms with Crippen LogP contribution in [0.4, 0.5) is 4.79 Å². The van der Waals surface area contributed by atoms with Gasteiger partial charge in [-0.2, -0.15) is 5.26 Å². The Hall–Kier alpha value is -2.63. The van der Waals surface area contributed by atoms with Crippen LogP contribution in [0.3, 0.4) is 0 Å². The van der Waals surface area contributed by atoms with Gasteiger partial charge in [-0.05, 0) is 39.5 Å². The van der Waals surface area contributed by atoms with Gasteiger partial charge in [0.25, 0.3) is 11.8 Å². The zero-order valence-corrected chi connectivity index (χ0v) is 13.8. The normalized spacial score (nSPS) is 21.5. The molecule has 24 heavy (non-hydrogen) atoms. The molecule has 1 aliphatic heterocycles. The van der Waals surface area contributed by atoms with Gasteiger partial charge in [-0.3, -0.25) is 19.3 Å². The Balaban J connectivity index is 1.81. The third kappa shape index (κ3) is 3.64. The molecular formula is C15H20N4O5. The van der Waals surface area contributed by atoms with Crippen molar-refractivity contribution in [3.63, 3.8) is 0 Å². The number of carbonyl (C=O) groups excluding carboxylic acids is 4. The minimum absolute atomic E-state index is 0.107. The standard InChI is InChI=1S/C15H20N4O5/c1-14(2)12(22)19(13(23)18-14)6-11(21)24-7-10(20)17-15(3,8-16)9-4-5-9/h9H,4-7H2,1-3H3,(H,17,20)(H,18,23)/t15-/m0/s1. The number of hydrogen-bond acceptors (Lipinski definition) is 6. The lowest BCUT2D eigenvalue weighted by Crippen LogP contribution is -2.48. The summed E-state index contributed by atoms with van der Waals surface area (Å²) in [5.41, 5.74) is -2.05. The first kappa shape index (κ1) is 17.7. The van der Waals surface area contributed by atoms with Crippen molar-refractivity contribution in [2.75, 3.05) is 13.2 Å². The molecule has 0 aromatic heterocycles. The first-order valence-corrected chi connectivity index (χ1v) is 7.61. The van der Waals surface area contributed by atoms with Crippen LogP contribution in [-0.4, -0.2) is 52.9 Å². The molecule has 0 aromatic carbocycles. The van der Waals surface area contributed by atoms with Crippen LogP contribution in [0.1, 0.15) is 33.6 Å². The Kier molecular flexibility index (Phi) is 4.51. The number of ether oxygens (including phenoxy) is 1. The topological polar surface area (TPSA) is 129 Å². The highest BCUT2D eigenvalue weighted by Gasteiger charge is 2.45. The Labute approximate surface area is 139 Å². The summed E-state index contributed by atoms with van der Waals surface area (Å²) in [6.45, 7) is 3.52. The van der Waals surface area contributed by atoms with E-state index in [-0.39, 0.29) is 5.92 Å². The van der Waals surface area contributed by atoms with E-state index in [1.807, 2.05) is 0 Å². The van der Waals surface area contributed by atoms with E-state index < -0.39 is 48.0 Å². The number of urea groups is 1. The fraction of sp³-hybridized carbons (Fsp3) is 0.667. The highest BCUT2D eigenvalue weighted by Crippen LogP contribution is 2.39. The maximum Gasteiger partial charge on any atom is 0.326 e. The molecular weight excluding hydrogens is 316 g/mol. The van der Waals surface area contributed by atoms with Gasteiger partial charge in [0.2, 0.25) is 0 Å². The van der Waals surface area contributed by atoms with Gasteiger partial charge >= 0.3 is 12.0 Å². The smallest absolute Gasteiger partial charge is 0.326 e. The summed E-state index contributed by atoms with van der Waals surface area (Å²) < 4.78 is 4.79. The minimum atomic E-state index is -1.08. The fourth-order valence-corrected chi connectivity index (χ4v) is 2.49. The lowest BCUT2D eigenvalue weighted by molar-refractivity contribution is -0.151. The summed E-state index contributed by atoms with van der Waals surface area (Å²) in [5.74, 6) is -1.91. The van der Waals surface area contributed by atoms with Crippen molar-refractivity contribution in [3.8, 4) is 6.07 Å². The van der Waals surface area contributed by atoms with Crippen LogP contribution in [0.25, 0.3) is 0 Å². The number of esters is 1. The molecule has 9 nitrogen and oxygen atoms in total. The van der Waals surface area contributed by atoms with Crippen LogP contribution in [0, 0.1) is 17.2 Å². The van der Waals surface area contributed by atoms with Gasteiger partial charge in [-0.1, -0.05) is 0 Å². The molecule has 1 heterocycles. The quantitative estimate of drug-likeness (QED) is 0.505. The van der Waals surface area contributed by atoms with Gasteiger partial charge in [-0.15, -0.1) is 0 Å². The summed E-state index contributed by atoms with van der Waals surface area (Å²) >= 11 is 0. The van der Waals surface area contributed by atoms with Crippen molar-refractivity contribution in [2.45, 2.75) is 44.7 Å². The molecule has 1 saturated heterocycles. The average molecular weight is 336 g/mol. The third-order valence-electron chi connectivity index (χ3n) is 4.12. The molecule has 0 bridgehead atoms. The van der Waals surface area contributed by atoms with Gasteiger partial charge in [-0.25, -0.2) is 4.79 Å². The molecule has 0 spiro atoms. The second-order valence-electron chi connectivity index (χ2n) is 6.74. The van der Waals surface area contributed by atoms with Crippen molar-refractivity contribution < 1.29 is 23.9 Å². The molecule has 4 amide bonds. The van der Waals surface area contributed by atoms with Gasteiger partial charge in [0.15, 0.2) is 6.61 Å². The molecule has 2 rings (SSSR count). The number of rotatable bonds is 6. The highest BCUT2D eigenvalue weighted by molar-refractivity contribution is 6.08. The molecule has 130 valence electrons. The van der Waals surface area contributed by atoms with E-state index in [1.54, 1.807) is 6.92 Å². The number of hydrogen-bond donors (Lipinski definition) is 2. The zero-order valence-electron chi connectivity index (χ0n) is 13.8. The predicted molar refractivity (Wildman–Crippen MR) is 80.2 cm³/mol. The number of carbonyl (C=O) groups is 4. The van der Waals surface area contributed by atoms with E-state index in [4.69, 9.17) is 10.00 Å². The monoisotopic (exact) mass is 336 g/mol. The lowest BCUT2D eigenvalue weighted by atomic mass is 9.98. The number of nitrogens with zero attached hydrogens (tertiary/aromatic N) is 2. The van der Waals surface area contributed by atoms with Crippen molar-refractivity contribution in [1.82, 2.24) is 15.5 Å². The molecule has 0 aromatic rings. The summed E-state index contributed by atoms with van der Waals surface area (Å²) in [5, 5.41) is 14.1. The van der Waals surface area contributed by atoms with E-state index >= 15 is 0 Å². The van der Waals surface area contributed by atoms with Crippen molar-refractivity contribution in [2.24, 2.45) is 5.92 Å². The van der Waals surface area contributed by atoms with Gasteiger partial charge in [0, 0.05) is 0 Å². The van der Waals surface area contributed by atoms with Gasteiger partial charge in [0.05, 0.1) is 6.07 Å². The van der Waals surface area contributed by atoms with Gasteiger partial charge < -0.3 is 15.4 Å². The molecule has 1 saturated carbocycles. The van der Waals surface area contributed by atoms with Crippen LogP contribution >= 0.6 is 0 Å². The van der Waals surface area contributed by atoms with Crippen LogP contribution in [0.5, 0.6) is 0 Å². The lowest BCUT2D eigenvalue weighted by Gasteiger charge is -2.22. The van der Waals surface area contributed by atoms with E-state index in [0.29, 0.717) is 0 Å². The van der Waals surface area contributed by atoms with Gasteiger partial charge in [0.1, 0.15) is 17.6 Å². The van der Waals surface area contributed by atoms with Crippen LogP contribution < -0.4 is 10.6 Å².